The predicted molar refractivity (Wildman–Crippen MR) is 87.9 cm³/mol. The molecule has 0 saturated carbocycles. The Labute approximate surface area is 122 Å². The molecule has 2 nitrogen and oxygen atoms in total. The highest BCUT2D eigenvalue weighted by Crippen LogP contribution is 2.10. The Balaban J connectivity index is 3.81. The number of nitrogens with one attached hydrogen (secondary N) is 1. The van der Waals surface area contributed by atoms with Crippen LogP contribution in [0, 0.1) is 0 Å². The molecule has 2 heteroatoms. The number of hydrogen-bond donors (Lipinski definition) is 1. The first-order valence-electron chi connectivity index (χ1n) is 8.74. The van der Waals surface area contributed by atoms with Gasteiger partial charge in [0.25, 0.3) is 0 Å². The van der Waals surface area contributed by atoms with Gasteiger partial charge in [-0.05, 0) is 25.9 Å². The van der Waals surface area contributed by atoms with Gasteiger partial charge in [0, 0.05) is 19.1 Å². The molecule has 0 heterocycles. The van der Waals surface area contributed by atoms with Crippen LogP contribution in [0.5, 0.6) is 0 Å². The maximum Gasteiger partial charge on any atom is 0.0107 e. The Morgan fingerprint density at radius 1 is 0.789 bits per heavy atom. The number of unbranched alkanes of at least 4 members (excludes halogenated alkanes) is 4. The minimum Gasteiger partial charge on any atom is -0.313 e. The molecule has 0 atom stereocenters. The lowest BCUT2D eigenvalue weighted by Crippen LogP contribution is -2.37. The van der Waals surface area contributed by atoms with Crippen LogP contribution >= 0.6 is 0 Å². The van der Waals surface area contributed by atoms with Gasteiger partial charge in [-0.1, -0.05) is 66.2 Å². The van der Waals surface area contributed by atoms with Crippen LogP contribution in [0.4, 0.5) is 0 Å². The average Bonchev–Trinajstić information content (AvgIpc) is 2.43. The summed E-state index contributed by atoms with van der Waals surface area (Å²) in [5.41, 5.74) is 0. The van der Waals surface area contributed by atoms with Crippen molar-refractivity contribution in [1.29, 1.82) is 0 Å². The number of rotatable bonds is 14. The third-order valence-electron chi connectivity index (χ3n) is 4.07. The quantitative estimate of drug-likeness (QED) is 0.469. The van der Waals surface area contributed by atoms with E-state index in [4.69, 9.17) is 0 Å². The van der Waals surface area contributed by atoms with Gasteiger partial charge in [0.1, 0.15) is 0 Å². The van der Waals surface area contributed by atoms with Crippen LogP contribution in [0.25, 0.3) is 0 Å². The smallest absolute Gasteiger partial charge is 0.0107 e. The molecule has 0 amide bonds. The Morgan fingerprint density at radius 3 is 1.74 bits per heavy atom. The zero-order valence-corrected chi connectivity index (χ0v) is 14.0. The molecule has 0 aliphatic carbocycles. The van der Waals surface area contributed by atoms with Gasteiger partial charge in [-0.15, -0.1) is 0 Å². The van der Waals surface area contributed by atoms with E-state index in [0.717, 1.165) is 12.6 Å². The van der Waals surface area contributed by atoms with Crippen molar-refractivity contribution in [3.63, 3.8) is 0 Å². The van der Waals surface area contributed by atoms with E-state index in [1.54, 1.807) is 0 Å². The summed E-state index contributed by atoms with van der Waals surface area (Å²) in [4.78, 5) is 2.50. The van der Waals surface area contributed by atoms with E-state index in [9.17, 15) is 0 Å². The SMILES string of the molecule is CCCCCC(CCCCC)NCCN(CC)CC. The molecule has 0 fully saturated rings. The average molecular weight is 271 g/mol. The summed E-state index contributed by atoms with van der Waals surface area (Å²) in [6.45, 7) is 13.8. The molecule has 0 aromatic rings. The molecule has 0 aliphatic heterocycles. The fourth-order valence-electron chi connectivity index (χ4n) is 2.60. The van der Waals surface area contributed by atoms with E-state index in [2.05, 4.69) is 37.9 Å². The van der Waals surface area contributed by atoms with E-state index >= 15 is 0 Å². The van der Waals surface area contributed by atoms with E-state index in [1.165, 1.54) is 71.0 Å². The van der Waals surface area contributed by atoms with E-state index in [0.29, 0.717) is 0 Å². The summed E-state index contributed by atoms with van der Waals surface area (Å²) in [6.07, 6.45) is 11.0. The largest absolute Gasteiger partial charge is 0.313 e. The molecule has 0 unspecified atom stereocenters. The minimum atomic E-state index is 0.758. The number of likely N-dealkylation sites (N-methyl/N-ethyl adjacent to an activating group) is 1. The zero-order valence-electron chi connectivity index (χ0n) is 14.0. The molecular formula is C17H38N2. The maximum absolute atomic E-state index is 3.79. The topological polar surface area (TPSA) is 15.3 Å². The monoisotopic (exact) mass is 270 g/mol. The third-order valence-corrected chi connectivity index (χ3v) is 4.07. The lowest BCUT2D eigenvalue weighted by molar-refractivity contribution is 0.290. The summed E-state index contributed by atoms with van der Waals surface area (Å²) in [7, 11) is 0. The fraction of sp³-hybridized carbons (Fsp3) is 1.00. The first kappa shape index (κ1) is 18.9. The molecule has 0 saturated heterocycles. The molecule has 1 N–H and O–H groups in total. The molecule has 0 aliphatic rings. The second kappa shape index (κ2) is 14.3. The molecule has 0 rings (SSSR count). The first-order chi connectivity index (χ1) is 9.28. The summed E-state index contributed by atoms with van der Waals surface area (Å²) in [6, 6.07) is 0.758. The normalized spacial score (nSPS) is 11.7. The molecule has 0 radical (unpaired) electrons. The number of hydrogen-bond acceptors (Lipinski definition) is 2. The van der Waals surface area contributed by atoms with Crippen molar-refractivity contribution in [1.82, 2.24) is 10.2 Å². The molecule has 0 aromatic heterocycles. The van der Waals surface area contributed by atoms with Gasteiger partial charge >= 0.3 is 0 Å². The number of nitrogens with zero attached hydrogens (tertiary/aromatic N) is 1. The van der Waals surface area contributed by atoms with Gasteiger partial charge < -0.3 is 10.2 Å². The first-order valence-corrected chi connectivity index (χ1v) is 8.74. The molecule has 0 bridgehead atoms. The van der Waals surface area contributed by atoms with Crippen molar-refractivity contribution >= 4 is 0 Å². The second-order valence-corrected chi connectivity index (χ2v) is 5.67. The van der Waals surface area contributed by atoms with Gasteiger partial charge in [0.05, 0.1) is 0 Å². The summed E-state index contributed by atoms with van der Waals surface area (Å²) in [5.74, 6) is 0. The van der Waals surface area contributed by atoms with Crippen LogP contribution < -0.4 is 5.32 Å². The summed E-state index contributed by atoms with van der Waals surface area (Å²) < 4.78 is 0. The molecule has 19 heavy (non-hydrogen) atoms. The van der Waals surface area contributed by atoms with Crippen molar-refractivity contribution < 1.29 is 0 Å². The minimum absolute atomic E-state index is 0.758. The van der Waals surface area contributed by atoms with Gasteiger partial charge in [-0.2, -0.15) is 0 Å². The van der Waals surface area contributed by atoms with Gasteiger partial charge in [0.2, 0.25) is 0 Å². The molecular weight excluding hydrogens is 232 g/mol. The Kier molecular flexibility index (Phi) is 14.3. The van der Waals surface area contributed by atoms with E-state index < -0.39 is 0 Å². The lowest BCUT2D eigenvalue weighted by atomic mass is 10.0. The highest BCUT2D eigenvalue weighted by atomic mass is 15.1. The highest BCUT2D eigenvalue weighted by Gasteiger charge is 2.08. The Morgan fingerprint density at radius 2 is 1.32 bits per heavy atom. The van der Waals surface area contributed by atoms with Crippen LogP contribution in [0.3, 0.4) is 0 Å². The van der Waals surface area contributed by atoms with Crippen molar-refractivity contribution in [2.24, 2.45) is 0 Å². The van der Waals surface area contributed by atoms with Gasteiger partial charge in [0.15, 0.2) is 0 Å². The van der Waals surface area contributed by atoms with E-state index in [-0.39, 0.29) is 0 Å². The van der Waals surface area contributed by atoms with Gasteiger partial charge in [-0.3, -0.25) is 0 Å². The zero-order chi connectivity index (χ0) is 14.3. The van der Waals surface area contributed by atoms with Crippen LogP contribution in [-0.4, -0.2) is 37.1 Å². The van der Waals surface area contributed by atoms with Crippen molar-refractivity contribution in [3.05, 3.63) is 0 Å². The van der Waals surface area contributed by atoms with Crippen molar-refractivity contribution in [2.75, 3.05) is 26.2 Å². The maximum atomic E-state index is 3.79. The third kappa shape index (κ3) is 11.4. The van der Waals surface area contributed by atoms with Crippen LogP contribution in [0.15, 0.2) is 0 Å². The van der Waals surface area contributed by atoms with Crippen LogP contribution in [-0.2, 0) is 0 Å². The van der Waals surface area contributed by atoms with E-state index in [1.807, 2.05) is 0 Å². The van der Waals surface area contributed by atoms with Crippen molar-refractivity contribution in [2.45, 2.75) is 85.1 Å². The summed E-state index contributed by atoms with van der Waals surface area (Å²) >= 11 is 0. The predicted octanol–water partition coefficient (Wildman–Crippen LogP) is 4.45. The van der Waals surface area contributed by atoms with Crippen LogP contribution in [0.1, 0.15) is 79.1 Å². The highest BCUT2D eigenvalue weighted by molar-refractivity contribution is 4.68. The van der Waals surface area contributed by atoms with Crippen molar-refractivity contribution in [3.8, 4) is 0 Å². The summed E-state index contributed by atoms with van der Waals surface area (Å²) in [5, 5.41) is 3.79. The lowest BCUT2D eigenvalue weighted by Gasteiger charge is -2.22. The Hall–Kier alpha value is -0.0800. The molecule has 116 valence electrons. The van der Waals surface area contributed by atoms with Gasteiger partial charge in [-0.25, -0.2) is 0 Å². The second-order valence-electron chi connectivity index (χ2n) is 5.67. The fourth-order valence-corrected chi connectivity index (χ4v) is 2.60. The van der Waals surface area contributed by atoms with Crippen LogP contribution in [0.2, 0.25) is 0 Å². The standard InChI is InChI=1S/C17H38N2/c1-5-9-11-13-17(14-12-10-6-2)18-15-16-19(7-3)8-4/h17-18H,5-16H2,1-4H3. The molecule has 0 aromatic carbocycles. The Bertz CT molecular complexity index is 157. The molecule has 0 spiro atoms.